The number of rotatable bonds is 5. The minimum Gasteiger partial charge on any atom is -0.242 e. The Morgan fingerprint density at radius 2 is 1.95 bits per heavy atom. The van der Waals surface area contributed by atoms with Gasteiger partial charge in [-0.2, -0.15) is 0 Å². The topological polar surface area (TPSA) is 59.1 Å². The number of halogens is 3. The third-order valence-corrected chi connectivity index (χ3v) is 4.84. The Labute approximate surface area is 132 Å². The van der Waals surface area contributed by atoms with E-state index in [4.69, 9.17) is 23.2 Å². The van der Waals surface area contributed by atoms with Crippen LogP contribution in [0.5, 0.6) is 0 Å². The molecule has 2 rings (SSSR count). The van der Waals surface area contributed by atoms with E-state index in [1.807, 2.05) is 0 Å². The highest BCUT2D eigenvalue weighted by molar-refractivity contribution is 7.89. The zero-order valence-corrected chi connectivity index (χ0v) is 13.0. The molecule has 8 heteroatoms. The van der Waals surface area contributed by atoms with Gasteiger partial charge in [0.25, 0.3) is 0 Å². The zero-order valence-electron chi connectivity index (χ0n) is 10.7. The van der Waals surface area contributed by atoms with Gasteiger partial charge in [-0.1, -0.05) is 41.4 Å². The lowest BCUT2D eigenvalue weighted by atomic mass is 10.1. The van der Waals surface area contributed by atoms with Crippen LogP contribution in [-0.4, -0.2) is 19.9 Å². The van der Waals surface area contributed by atoms with Crippen LogP contribution in [0.2, 0.25) is 10.2 Å². The van der Waals surface area contributed by atoms with E-state index < -0.39 is 10.0 Å². The van der Waals surface area contributed by atoms with Gasteiger partial charge in [-0.15, -0.1) is 0 Å². The van der Waals surface area contributed by atoms with Crippen molar-refractivity contribution < 1.29 is 12.8 Å². The molecule has 21 heavy (non-hydrogen) atoms. The van der Waals surface area contributed by atoms with Gasteiger partial charge in [-0.05, 0) is 24.1 Å². The highest BCUT2D eigenvalue weighted by Crippen LogP contribution is 2.22. The van der Waals surface area contributed by atoms with Gasteiger partial charge in [-0.3, -0.25) is 0 Å². The fourth-order valence-electron chi connectivity index (χ4n) is 1.66. The van der Waals surface area contributed by atoms with Crippen LogP contribution in [0.15, 0.2) is 41.4 Å². The van der Waals surface area contributed by atoms with E-state index in [1.165, 1.54) is 12.1 Å². The molecule has 0 aliphatic carbocycles. The van der Waals surface area contributed by atoms with Crippen LogP contribution in [-0.2, 0) is 16.4 Å². The molecule has 0 radical (unpaired) electrons. The number of hydrogen-bond acceptors (Lipinski definition) is 3. The van der Waals surface area contributed by atoms with Gasteiger partial charge in [-0.25, -0.2) is 22.5 Å². The van der Waals surface area contributed by atoms with E-state index in [-0.39, 0.29) is 33.9 Å². The predicted octanol–water partition coefficient (Wildman–Crippen LogP) is 3.05. The number of nitrogens with zero attached hydrogens (tertiary/aromatic N) is 1. The van der Waals surface area contributed by atoms with Gasteiger partial charge >= 0.3 is 0 Å². The first kappa shape index (κ1) is 16.2. The molecule has 0 aliphatic rings. The molecule has 0 bridgehead atoms. The fourth-order valence-corrected chi connectivity index (χ4v) is 2.99. The van der Waals surface area contributed by atoms with Gasteiger partial charge in [0.05, 0.1) is 5.02 Å². The maximum absolute atomic E-state index is 13.4. The molecule has 1 aromatic heterocycles. The number of hydrogen-bond donors (Lipinski definition) is 1. The average molecular weight is 349 g/mol. The van der Waals surface area contributed by atoms with Crippen LogP contribution < -0.4 is 4.72 Å². The second kappa shape index (κ2) is 6.70. The summed E-state index contributed by atoms with van der Waals surface area (Å²) in [5.41, 5.74) is 0.437. The molecule has 1 heterocycles. The third-order valence-electron chi connectivity index (χ3n) is 2.73. The Morgan fingerprint density at radius 1 is 1.24 bits per heavy atom. The van der Waals surface area contributed by atoms with Crippen LogP contribution in [0.1, 0.15) is 5.56 Å². The van der Waals surface area contributed by atoms with Gasteiger partial charge in [0.1, 0.15) is 15.9 Å². The minimum atomic E-state index is -3.76. The maximum atomic E-state index is 13.4. The molecule has 0 spiro atoms. The zero-order chi connectivity index (χ0) is 15.5. The second-order valence-electron chi connectivity index (χ2n) is 4.18. The summed E-state index contributed by atoms with van der Waals surface area (Å²) >= 11 is 11.4. The van der Waals surface area contributed by atoms with E-state index in [0.29, 0.717) is 5.56 Å². The molecule has 2 aromatic rings. The maximum Gasteiger partial charge on any atom is 0.242 e. The molecular weight excluding hydrogens is 338 g/mol. The summed E-state index contributed by atoms with van der Waals surface area (Å²) in [6, 6.07) is 7.40. The first-order valence-electron chi connectivity index (χ1n) is 5.94. The Balaban J connectivity index is 2.05. The lowest BCUT2D eigenvalue weighted by Gasteiger charge is -2.07. The SMILES string of the molecule is O=S(=O)(NCCc1ccccc1F)c1cnc(Cl)c(Cl)c1. The van der Waals surface area contributed by atoms with E-state index >= 15 is 0 Å². The average Bonchev–Trinajstić information content (AvgIpc) is 2.44. The highest BCUT2D eigenvalue weighted by Gasteiger charge is 2.16. The quantitative estimate of drug-likeness (QED) is 0.844. The van der Waals surface area contributed by atoms with Crippen molar-refractivity contribution in [2.75, 3.05) is 6.54 Å². The predicted molar refractivity (Wildman–Crippen MR) is 79.5 cm³/mol. The molecule has 1 N–H and O–H groups in total. The molecule has 0 aliphatic heterocycles. The van der Waals surface area contributed by atoms with Crippen molar-refractivity contribution in [2.24, 2.45) is 0 Å². The number of benzene rings is 1. The van der Waals surface area contributed by atoms with Crippen LogP contribution in [0.3, 0.4) is 0 Å². The van der Waals surface area contributed by atoms with Crippen molar-refractivity contribution in [2.45, 2.75) is 11.3 Å². The number of nitrogens with one attached hydrogen (secondary N) is 1. The molecule has 112 valence electrons. The monoisotopic (exact) mass is 348 g/mol. The van der Waals surface area contributed by atoms with Crippen molar-refractivity contribution in [3.63, 3.8) is 0 Å². The van der Waals surface area contributed by atoms with Crippen LogP contribution in [0, 0.1) is 5.82 Å². The number of pyridine rings is 1. The van der Waals surface area contributed by atoms with Crippen LogP contribution in [0.25, 0.3) is 0 Å². The first-order valence-corrected chi connectivity index (χ1v) is 8.18. The van der Waals surface area contributed by atoms with Gasteiger partial charge in [0.2, 0.25) is 10.0 Å². The number of aromatic nitrogens is 1. The van der Waals surface area contributed by atoms with Gasteiger partial charge in [0, 0.05) is 12.7 Å². The molecule has 0 fully saturated rings. The molecule has 0 unspecified atom stereocenters. The Bertz CT molecular complexity index is 754. The smallest absolute Gasteiger partial charge is 0.242 e. The summed E-state index contributed by atoms with van der Waals surface area (Å²) in [4.78, 5) is 3.59. The van der Waals surface area contributed by atoms with E-state index in [2.05, 4.69) is 9.71 Å². The first-order chi connectivity index (χ1) is 9.90. The Kier molecular flexibility index (Phi) is 5.16. The summed E-state index contributed by atoms with van der Waals surface area (Å²) in [5, 5.41) is 0.0793. The molecular formula is C13H11Cl2FN2O2S. The molecule has 1 aromatic carbocycles. The lowest BCUT2D eigenvalue weighted by Crippen LogP contribution is -2.26. The normalized spacial score (nSPS) is 11.6. The molecule has 0 atom stereocenters. The summed E-state index contributed by atoms with van der Waals surface area (Å²) in [6.45, 7) is 0.0590. The van der Waals surface area contributed by atoms with E-state index in [0.717, 1.165) is 6.20 Å². The summed E-state index contributed by atoms with van der Waals surface area (Å²) in [6.07, 6.45) is 1.35. The summed E-state index contributed by atoms with van der Waals surface area (Å²) in [5.74, 6) is -0.368. The van der Waals surface area contributed by atoms with E-state index in [9.17, 15) is 12.8 Å². The molecule has 0 saturated heterocycles. The minimum absolute atomic E-state index is 0.0296. The van der Waals surface area contributed by atoms with Crippen molar-refractivity contribution >= 4 is 33.2 Å². The van der Waals surface area contributed by atoms with Gasteiger partial charge in [0.15, 0.2) is 0 Å². The van der Waals surface area contributed by atoms with Crippen LogP contribution in [0.4, 0.5) is 4.39 Å². The largest absolute Gasteiger partial charge is 0.242 e. The van der Waals surface area contributed by atoms with Crippen molar-refractivity contribution in [1.29, 1.82) is 0 Å². The molecule has 0 amide bonds. The van der Waals surface area contributed by atoms with E-state index in [1.54, 1.807) is 18.2 Å². The standard InChI is InChI=1S/C13H11Cl2FN2O2S/c14-11-7-10(8-17-13(11)15)21(19,20)18-6-5-9-3-1-2-4-12(9)16/h1-4,7-8,18H,5-6H2. The highest BCUT2D eigenvalue weighted by atomic mass is 35.5. The molecule has 4 nitrogen and oxygen atoms in total. The number of sulfonamides is 1. The second-order valence-corrected chi connectivity index (χ2v) is 6.72. The summed E-state index contributed by atoms with van der Waals surface area (Å²) in [7, 11) is -3.76. The summed E-state index contributed by atoms with van der Waals surface area (Å²) < 4.78 is 39.8. The lowest BCUT2D eigenvalue weighted by molar-refractivity contribution is 0.577. The molecule has 0 saturated carbocycles. The van der Waals surface area contributed by atoms with Crippen LogP contribution >= 0.6 is 23.2 Å². The van der Waals surface area contributed by atoms with Crippen molar-refractivity contribution in [3.8, 4) is 0 Å². The van der Waals surface area contributed by atoms with Crippen molar-refractivity contribution in [3.05, 3.63) is 58.1 Å². The van der Waals surface area contributed by atoms with Gasteiger partial charge < -0.3 is 0 Å². The van der Waals surface area contributed by atoms with Crippen molar-refractivity contribution in [1.82, 2.24) is 9.71 Å². The third kappa shape index (κ3) is 4.14. The fraction of sp³-hybridized carbons (Fsp3) is 0.154. The Morgan fingerprint density at radius 3 is 2.62 bits per heavy atom. The Hall–Kier alpha value is -1.21.